The standard InChI is InChI=1S/C20H34N2O2/c1-16(2)13-18-5-7-19(8-6-18)20(23)15-21-9-10-22(11-12-24-4)17(3)14-21/h5-8,16-17,20,23H,9-15H2,1-4H3/t17-,20-/m0/s1. The number of methoxy groups -OCH3 is 1. The van der Waals surface area contributed by atoms with E-state index in [1.807, 2.05) is 0 Å². The van der Waals surface area contributed by atoms with Crippen LogP contribution in [-0.2, 0) is 11.2 Å². The van der Waals surface area contributed by atoms with Crippen LogP contribution in [0.15, 0.2) is 24.3 Å². The maximum absolute atomic E-state index is 10.6. The second-order valence-corrected chi connectivity index (χ2v) is 7.49. The van der Waals surface area contributed by atoms with E-state index in [0.717, 1.165) is 44.8 Å². The molecule has 0 aliphatic carbocycles. The van der Waals surface area contributed by atoms with Crippen molar-refractivity contribution in [2.45, 2.75) is 39.3 Å². The summed E-state index contributed by atoms with van der Waals surface area (Å²) in [6.45, 7) is 12.3. The summed E-state index contributed by atoms with van der Waals surface area (Å²) < 4.78 is 5.18. The third kappa shape index (κ3) is 5.85. The summed E-state index contributed by atoms with van der Waals surface area (Å²) >= 11 is 0. The molecule has 1 fully saturated rings. The largest absolute Gasteiger partial charge is 0.387 e. The van der Waals surface area contributed by atoms with Gasteiger partial charge in [-0.1, -0.05) is 38.1 Å². The molecule has 0 spiro atoms. The molecule has 1 N–H and O–H groups in total. The van der Waals surface area contributed by atoms with Crippen molar-refractivity contribution in [1.82, 2.24) is 9.80 Å². The van der Waals surface area contributed by atoms with Gasteiger partial charge in [0.15, 0.2) is 0 Å². The molecule has 0 amide bonds. The van der Waals surface area contributed by atoms with Crippen molar-refractivity contribution < 1.29 is 9.84 Å². The Kier molecular flexibility index (Phi) is 7.69. The molecule has 1 aromatic rings. The molecular weight excluding hydrogens is 300 g/mol. The molecule has 24 heavy (non-hydrogen) atoms. The van der Waals surface area contributed by atoms with E-state index in [-0.39, 0.29) is 0 Å². The molecule has 2 atom stereocenters. The highest BCUT2D eigenvalue weighted by molar-refractivity contribution is 5.24. The zero-order chi connectivity index (χ0) is 17.5. The molecule has 1 saturated heterocycles. The van der Waals surface area contributed by atoms with Gasteiger partial charge in [0.25, 0.3) is 0 Å². The minimum Gasteiger partial charge on any atom is -0.387 e. The first kappa shape index (κ1) is 19.4. The van der Waals surface area contributed by atoms with Gasteiger partial charge in [-0.2, -0.15) is 0 Å². The minimum atomic E-state index is -0.407. The second-order valence-electron chi connectivity index (χ2n) is 7.49. The Hall–Kier alpha value is -0.940. The van der Waals surface area contributed by atoms with Crippen molar-refractivity contribution in [3.63, 3.8) is 0 Å². The highest BCUT2D eigenvalue weighted by Crippen LogP contribution is 2.19. The van der Waals surface area contributed by atoms with E-state index in [1.54, 1.807) is 7.11 Å². The van der Waals surface area contributed by atoms with Gasteiger partial charge in [-0.05, 0) is 30.4 Å². The fourth-order valence-electron chi connectivity index (χ4n) is 3.47. The Morgan fingerprint density at radius 2 is 1.92 bits per heavy atom. The summed E-state index contributed by atoms with van der Waals surface area (Å²) in [7, 11) is 1.75. The van der Waals surface area contributed by atoms with Gasteiger partial charge in [-0.3, -0.25) is 9.80 Å². The van der Waals surface area contributed by atoms with E-state index in [2.05, 4.69) is 54.8 Å². The van der Waals surface area contributed by atoms with Crippen LogP contribution in [-0.4, -0.2) is 67.4 Å². The number of hydrogen-bond donors (Lipinski definition) is 1. The van der Waals surface area contributed by atoms with Gasteiger partial charge in [0.2, 0.25) is 0 Å². The van der Waals surface area contributed by atoms with Crippen molar-refractivity contribution in [1.29, 1.82) is 0 Å². The van der Waals surface area contributed by atoms with Crippen LogP contribution in [0.2, 0.25) is 0 Å². The lowest BCUT2D eigenvalue weighted by atomic mass is 10.00. The van der Waals surface area contributed by atoms with E-state index in [0.29, 0.717) is 18.5 Å². The Morgan fingerprint density at radius 1 is 1.21 bits per heavy atom. The zero-order valence-electron chi connectivity index (χ0n) is 15.7. The van der Waals surface area contributed by atoms with Crippen LogP contribution in [0.25, 0.3) is 0 Å². The van der Waals surface area contributed by atoms with Crippen LogP contribution >= 0.6 is 0 Å². The van der Waals surface area contributed by atoms with Crippen molar-refractivity contribution in [3.05, 3.63) is 35.4 Å². The summed E-state index contributed by atoms with van der Waals surface area (Å²) in [5.74, 6) is 0.664. The van der Waals surface area contributed by atoms with Gasteiger partial charge in [-0.25, -0.2) is 0 Å². The van der Waals surface area contributed by atoms with Crippen molar-refractivity contribution in [3.8, 4) is 0 Å². The summed E-state index contributed by atoms with van der Waals surface area (Å²) in [5, 5.41) is 10.6. The van der Waals surface area contributed by atoms with Crippen LogP contribution in [0.1, 0.15) is 38.0 Å². The molecule has 4 heteroatoms. The Morgan fingerprint density at radius 3 is 2.50 bits per heavy atom. The Labute approximate surface area is 147 Å². The lowest BCUT2D eigenvalue weighted by Crippen LogP contribution is -2.53. The molecular formula is C20H34N2O2. The van der Waals surface area contributed by atoms with Crippen molar-refractivity contribution in [2.24, 2.45) is 5.92 Å². The molecule has 1 aliphatic heterocycles. The SMILES string of the molecule is COCCN1CCN(C[C@H](O)c2ccc(CC(C)C)cc2)C[C@@H]1C. The van der Waals surface area contributed by atoms with E-state index in [9.17, 15) is 5.11 Å². The maximum atomic E-state index is 10.6. The normalized spacial score (nSPS) is 21.3. The summed E-state index contributed by atoms with van der Waals surface area (Å²) in [4.78, 5) is 4.84. The van der Waals surface area contributed by atoms with Gasteiger partial charge in [0.1, 0.15) is 0 Å². The van der Waals surface area contributed by atoms with Crippen LogP contribution in [0.4, 0.5) is 0 Å². The number of β-amino-alcohol motifs (C(OH)–C–C–N with tert-alkyl or cyclic N) is 1. The highest BCUT2D eigenvalue weighted by Gasteiger charge is 2.24. The molecule has 1 aromatic carbocycles. The molecule has 0 bridgehead atoms. The zero-order valence-corrected chi connectivity index (χ0v) is 15.7. The second kappa shape index (κ2) is 9.52. The lowest BCUT2D eigenvalue weighted by molar-refractivity contribution is 0.0330. The smallest absolute Gasteiger partial charge is 0.0916 e. The molecule has 4 nitrogen and oxygen atoms in total. The van der Waals surface area contributed by atoms with E-state index >= 15 is 0 Å². The predicted molar refractivity (Wildman–Crippen MR) is 99.3 cm³/mol. The number of aliphatic hydroxyl groups excluding tert-OH is 1. The summed E-state index contributed by atoms with van der Waals surface area (Å²) in [6, 6.07) is 8.99. The number of piperazine rings is 1. The fourth-order valence-corrected chi connectivity index (χ4v) is 3.47. The Bertz CT molecular complexity index is 475. The minimum absolute atomic E-state index is 0.407. The molecule has 1 heterocycles. The number of ether oxygens (including phenoxy) is 1. The fraction of sp³-hybridized carbons (Fsp3) is 0.700. The van der Waals surface area contributed by atoms with Gasteiger partial charge in [0.05, 0.1) is 12.7 Å². The predicted octanol–water partition coefficient (Wildman–Crippen LogP) is 2.57. The number of hydrogen-bond acceptors (Lipinski definition) is 4. The van der Waals surface area contributed by atoms with Gasteiger partial charge in [0, 0.05) is 45.9 Å². The van der Waals surface area contributed by atoms with Gasteiger partial charge >= 0.3 is 0 Å². The Balaban J connectivity index is 1.83. The highest BCUT2D eigenvalue weighted by atomic mass is 16.5. The van der Waals surface area contributed by atoms with E-state index in [1.165, 1.54) is 5.56 Å². The van der Waals surface area contributed by atoms with Crippen LogP contribution in [0.5, 0.6) is 0 Å². The van der Waals surface area contributed by atoms with Crippen LogP contribution in [0, 0.1) is 5.92 Å². The first-order valence-electron chi connectivity index (χ1n) is 9.21. The van der Waals surface area contributed by atoms with Crippen molar-refractivity contribution >= 4 is 0 Å². The molecule has 136 valence electrons. The number of nitrogens with zero attached hydrogens (tertiary/aromatic N) is 2. The third-order valence-corrected chi connectivity index (χ3v) is 4.87. The molecule has 0 saturated carbocycles. The summed E-state index contributed by atoms with van der Waals surface area (Å²) in [6.07, 6.45) is 0.688. The van der Waals surface area contributed by atoms with Gasteiger partial charge in [-0.15, -0.1) is 0 Å². The topological polar surface area (TPSA) is 35.9 Å². The maximum Gasteiger partial charge on any atom is 0.0916 e. The van der Waals surface area contributed by atoms with Crippen LogP contribution in [0.3, 0.4) is 0 Å². The third-order valence-electron chi connectivity index (χ3n) is 4.87. The average Bonchev–Trinajstić information content (AvgIpc) is 2.54. The van der Waals surface area contributed by atoms with E-state index in [4.69, 9.17) is 4.74 Å². The first-order valence-corrected chi connectivity index (χ1v) is 9.21. The number of benzene rings is 1. The quantitative estimate of drug-likeness (QED) is 0.793. The van der Waals surface area contributed by atoms with Crippen molar-refractivity contribution in [2.75, 3.05) is 46.4 Å². The lowest BCUT2D eigenvalue weighted by Gasteiger charge is -2.40. The molecule has 1 aliphatic rings. The molecule has 0 unspecified atom stereocenters. The van der Waals surface area contributed by atoms with Crippen LogP contribution < -0.4 is 0 Å². The first-order chi connectivity index (χ1) is 11.5. The molecule has 0 radical (unpaired) electrons. The monoisotopic (exact) mass is 334 g/mol. The molecule has 0 aromatic heterocycles. The average molecular weight is 335 g/mol. The van der Waals surface area contributed by atoms with E-state index < -0.39 is 6.10 Å². The van der Waals surface area contributed by atoms with Gasteiger partial charge < -0.3 is 9.84 Å². The molecule has 2 rings (SSSR count). The number of rotatable bonds is 8. The number of aliphatic hydroxyl groups is 1. The summed E-state index contributed by atoms with van der Waals surface area (Å²) in [5.41, 5.74) is 2.37.